The molecule has 158 valence electrons. The van der Waals surface area contributed by atoms with Gasteiger partial charge in [0.15, 0.2) is 5.79 Å². The average Bonchev–Trinajstić information content (AvgIpc) is 3.33. The summed E-state index contributed by atoms with van der Waals surface area (Å²) >= 11 is 1.67. The van der Waals surface area contributed by atoms with Crippen LogP contribution in [0.2, 0.25) is 0 Å². The fourth-order valence-corrected chi connectivity index (χ4v) is 5.65. The molecule has 3 aromatic rings. The molecule has 0 saturated carbocycles. The van der Waals surface area contributed by atoms with Crippen LogP contribution in [-0.4, -0.2) is 17.3 Å². The topological polar surface area (TPSA) is 38.7 Å². The maximum atomic E-state index is 13.2. The van der Waals surface area contributed by atoms with Gasteiger partial charge in [-0.2, -0.15) is 0 Å². The zero-order chi connectivity index (χ0) is 21.6. The molecule has 3 nitrogen and oxygen atoms in total. The van der Waals surface area contributed by atoms with Gasteiger partial charge in [0.2, 0.25) is 0 Å². The molecule has 0 bridgehead atoms. The molecule has 1 fully saturated rings. The smallest absolute Gasteiger partial charge is 0.198 e. The van der Waals surface area contributed by atoms with Crippen LogP contribution in [0.25, 0.3) is 10.4 Å². The number of fused-ring (bicyclic) bond motifs is 2. The first-order valence-corrected chi connectivity index (χ1v) is 11.2. The molecule has 2 aromatic carbocycles. The van der Waals surface area contributed by atoms with Gasteiger partial charge in [-0.1, -0.05) is 18.1 Å². The van der Waals surface area contributed by atoms with E-state index in [0.717, 1.165) is 32.7 Å². The van der Waals surface area contributed by atoms with Crippen molar-refractivity contribution in [2.75, 3.05) is 0 Å². The van der Waals surface area contributed by atoms with Crippen molar-refractivity contribution in [2.45, 2.75) is 50.8 Å². The minimum absolute atomic E-state index is 0.0824. The van der Waals surface area contributed by atoms with E-state index in [-0.39, 0.29) is 11.9 Å². The Bertz CT molecular complexity index is 1150. The van der Waals surface area contributed by atoms with Crippen molar-refractivity contribution in [3.8, 4) is 22.8 Å². The Hall–Kier alpha value is -2.49. The summed E-state index contributed by atoms with van der Waals surface area (Å²) in [6, 6.07) is 14.8. The number of rotatable bonds is 3. The lowest BCUT2D eigenvalue weighted by molar-refractivity contribution is -0.295. The highest BCUT2D eigenvalue weighted by atomic mass is 32.1. The maximum Gasteiger partial charge on any atom is 0.198 e. The third-order valence-electron chi connectivity index (χ3n) is 6.01. The maximum absolute atomic E-state index is 13.2. The zero-order valence-corrected chi connectivity index (χ0v) is 18.0. The van der Waals surface area contributed by atoms with Crippen LogP contribution in [0.1, 0.15) is 46.9 Å². The summed E-state index contributed by atoms with van der Waals surface area (Å²) in [6.45, 7) is 2.39. The van der Waals surface area contributed by atoms with Gasteiger partial charge in [-0.05, 0) is 66.4 Å². The second-order valence-corrected chi connectivity index (χ2v) is 9.49. The summed E-state index contributed by atoms with van der Waals surface area (Å²) < 4.78 is 25.5. The molecular weight excluding hydrogens is 411 g/mol. The van der Waals surface area contributed by atoms with Crippen LogP contribution in [0.15, 0.2) is 48.5 Å². The van der Waals surface area contributed by atoms with E-state index in [9.17, 15) is 9.50 Å². The third kappa shape index (κ3) is 3.81. The largest absolute Gasteiger partial charge is 0.393 e. The highest BCUT2D eigenvalue weighted by Gasteiger charge is 2.47. The molecule has 0 aliphatic carbocycles. The molecule has 1 N–H and O–H groups in total. The molecule has 3 atom stereocenters. The lowest BCUT2D eigenvalue weighted by Crippen LogP contribution is -2.43. The summed E-state index contributed by atoms with van der Waals surface area (Å²) in [7, 11) is 0. The lowest BCUT2D eigenvalue weighted by atomic mass is 9.89. The van der Waals surface area contributed by atoms with E-state index in [1.54, 1.807) is 23.5 Å². The van der Waals surface area contributed by atoms with Crippen LogP contribution < -0.4 is 0 Å². The lowest BCUT2D eigenvalue weighted by Gasteiger charge is -2.39. The molecule has 0 radical (unpaired) electrons. The van der Waals surface area contributed by atoms with Crippen molar-refractivity contribution in [3.05, 3.63) is 81.5 Å². The van der Waals surface area contributed by atoms with Crippen molar-refractivity contribution >= 4 is 11.3 Å². The molecule has 1 spiro atoms. The first kappa shape index (κ1) is 20.4. The Labute approximate surface area is 185 Å². The third-order valence-corrected chi connectivity index (χ3v) is 7.15. The minimum atomic E-state index is -0.900. The van der Waals surface area contributed by atoms with E-state index in [4.69, 9.17) is 15.9 Å². The standard InChI is InChI=1S/C26H23FO3S/c1-3-17-11-20-15-29-26(14-22(28)10-16(2)30-26)24(20)13-19(17)12-23-8-9-25(31-23)18-4-6-21(27)7-5-18/h1,4-9,11,13,16,22,28H,10,12,14-15H2,2H3/t16?,22?,26-/m1/s1. The summed E-state index contributed by atoms with van der Waals surface area (Å²) in [5.74, 6) is 1.68. The average molecular weight is 435 g/mol. The van der Waals surface area contributed by atoms with Gasteiger partial charge in [-0.15, -0.1) is 17.8 Å². The Morgan fingerprint density at radius 1 is 1.23 bits per heavy atom. The predicted octanol–water partition coefficient (Wildman–Crippen LogP) is 5.37. The van der Waals surface area contributed by atoms with Gasteiger partial charge >= 0.3 is 0 Å². The zero-order valence-electron chi connectivity index (χ0n) is 17.2. The van der Waals surface area contributed by atoms with Crippen LogP contribution in [0.4, 0.5) is 4.39 Å². The monoisotopic (exact) mass is 434 g/mol. The van der Waals surface area contributed by atoms with Crippen molar-refractivity contribution in [2.24, 2.45) is 0 Å². The molecular formula is C26H23FO3S. The van der Waals surface area contributed by atoms with Crippen molar-refractivity contribution in [1.82, 2.24) is 0 Å². The Morgan fingerprint density at radius 2 is 2.03 bits per heavy atom. The first-order chi connectivity index (χ1) is 15.0. The fourth-order valence-electron chi connectivity index (χ4n) is 4.61. The van der Waals surface area contributed by atoms with E-state index >= 15 is 0 Å². The summed E-state index contributed by atoms with van der Waals surface area (Å²) in [4.78, 5) is 2.26. The van der Waals surface area contributed by atoms with Crippen LogP contribution in [0.5, 0.6) is 0 Å². The van der Waals surface area contributed by atoms with Gasteiger partial charge in [0, 0.05) is 33.7 Å². The molecule has 5 heteroatoms. The highest BCUT2D eigenvalue weighted by Crippen LogP contribution is 2.46. The van der Waals surface area contributed by atoms with Gasteiger partial charge in [-0.25, -0.2) is 4.39 Å². The SMILES string of the molecule is C#Cc1cc2c(cc1Cc1ccc(-c3ccc(F)cc3)s1)[C@]1(CC(O)CC(C)O1)OC2. The number of ether oxygens (including phenoxy) is 2. The van der Waals surface area contributed by atoms with Crippen molar-refractivity contribution in [1.29, 1.82) is 0 Å². The van der Waals surface area contributed by atoms with Gasteiger partial charge in [-0.3, -0.25) is 0 Å². The molecule has 5 rings (SSSR count). The number of aliphatic hydroxyl groups is 1. The molecule has 1 aromatic heterocycles. The minimum Gasteiger partial charge on any atom is -0.393 e. The second-order valence-electron chi connectivity index (χ2n) is 8.32. The number of thiophene rings is 1. The van der Waals surface area contributed by atoms with Gasteiger partial charge in [0.25, 0.3) is 0 Å². The molecule has 2 aliphatic rings. The number of terminal acetylenes is 1. The Kier molecular flexibility index (Phi) is 5.19. The van der Waals surface area contributed by atoms with Gasteiger partial charge < -0.3 is 14.6 Å². The molecule has 31 heavy (non-hydrogen) atoms. The number of hydrogen-bond acceptors (Lipinski definition) is 4. The van der Waals surface area contributed by atoms with Crippen LogP contribution in [0, 0.1) is 18.2 Å². The summed E-state index contributed by atoms with van der Waals surface area (Å²) in [5, 5.41) is 10.4. The molecule has 2 aliphatic heterocycles. The van der Waals surface area contributed by atoms with Crippen LogP contribution >= 0.6 is 11.3 Å². The van der Waals surface area contributed by atoms with Crippen molar-refractivity contribution in [3.63, 3.8) is 0 Å². The highest BCUT2D eigenvalue weighted by molar-refractivity contribution is 7.15. The number of halogens is 1. The summed E-state index contributed by atoms with van der Waals surface area (Å²) in [5.41, 5.74) is 4.88. The number of benzene rings is 2. The number of aliphatic hydroxyl groups excluding tert-OH is 1. The molecule has 2 unspecified atom stereocenters. The molecule has 0 amide bonds. The Balaban J connectivity index is 1.47. The van der Waals surface area contributed by atoms with E-state index in [1.807, 2.05) is 13.0 Å². The van der Waals surface area contributed by atoms with Gasteiger partial charge in [0.05, 0.1) is 18.8 Å². The van der Waals surface area contributed by atoms with E-state index in [0.29, 0.717) is 25.9 Å². The summed E-state index contributed by atoms with van der Waals surface area (Å²) in [6.07, 6.45) is 7.01. The Morgan fingerprint density at radius 3 is 2.77 bits per heavy atom. The second kappa shape index (κ2) is 7.89. The fraction of sp³-hybridized carbons (Fsp3) is 0.308. The van der Waals surface area contributed by atoms with E-state index in [2.05, 4.69) is 24.1 Å². The quantitative estimate of drug-likeness (QED) is 0.564. The van der Waals surface area contributed by atoms with Gasteiger partial charge in [0.1, 0.15) is 5.82 Å². The van der Waals surface area contributed by atoms with Crippen LogP contribution in [0.3, 0.4) is 0 Å². The number of hydrogen-bond donors (Lipinski definition) is 1. The van der Waals surface area contributed by atoms with E-state index in [1.165, 1.54) is 17.0 Å². The first-order valence-electron chi connectivity index (χ1n) is 10.4. The predicted molar refractivity (Wildman–Crippen MR) is 119 cm³/mol. The molecule has 1 saturated heterocycles. The van der Waals surface area contributed by atoms with Crippen molar-refractivity contribution < 1.29 is 19.0 Å². The molecule has 3 heterocycles. The van der Waals surface area contributed by atoms with Crippen LogP contribution in [-0.2, 0) is 28.3 Å². The normalized spacial score (nSPS) is 24.8. The van der Waals surface area contributed by atoms with E-state index < -0.39 is 11.9 Å².